The number of hydrazine groups is 1. The van der Waals surface area contributed by atoms with E-state index in [2.05, 4.69) is 10.5 Å². The molecule has 82 valence electrons. The van der Waals surface area contributed by atoms with E-state index in [-0.39, 0.29) is 11.8 Å². The predicted octanol–water partition coefficient (Wildman–Crippen LogP) is -0.722. The van der Waals surface area contributed by atoms with Crippen LogP contribution in [-0.4, -0.2) is 28.4 Å². The van der Waals surface area contributed by atoms with E-state index in [1.807, 2.05) is 12.3 Å². The highest BCUT2D eigenvalue weighted by Crippen LogP contribution is 2.22. The first-order valence-corrected chi connectivity index (χ1v) is 4.90. The van der Waals surface area contributed by atoms with Crippen LogP contribution in [0.1, 0.15) is 6.42 Å². The minimum absolute atomic E-state index is 0.147. The minimum atomic E-state index is -0.445. The van der Waals surface area contributed by atoms with Crippen LogP contribution in [0.5, 0.6) is 0 Å². The van der Waals surface area contributed by atoms with Gasteiger partial charge in [0.2, 0.25) is 0 Å². The number of nitrogens with two attached hydrogens (primary N) is 1. The molecule has 1 aromatic rings. The molecule has 2 atom stereocenters. The quantitative estimate of drug-likeness (QED) is 0.392. The molecule has 0 bridgehead atoms. The average Bonchev–Trinajstić information content (AvgIpc) is 2.88. The SMILES string of the molecule is NNC(=O)[C@@H]1OCC[C@@H]1Cn1cccn1. The zero-order valence-electron chi connectivity index (χ0n) is 8.30. The van der Waals surface area contributed by atoms with Gasteiger partial charge in [-0.1, -0.05) is 0 Å². The van der Waals surface area contributed by atoms with Crippen LogP contribution in [0.4, 0.5) is 0 Å². The lowest BCUT2D eigenvalue weighted by Gasteiger charge is -2.16. The molecule has 2 heterocycles. The third kappa shape index (κ3) is 2.16. The van der Waals surface area contributed by atoms with Gasteiger partial charge in [0.15, 0.2) is 0 Å². The predicted molar refractivity (Wildman–Crippen MR) is 52.4 cm³/mol. The summed E-state index contributed by atoms with van der Waals surface area (Å²) in [6, 6.07) is 1.85. The van der Waals surface area contributed by atoms with Crippen molar-refractivity contribution in [2.45, 2.75) is 19.1 Å². The van der Waals surface area contributed by atoms with E-state index in [0.717, 1.165) is 6.42 Å². The van der Waals surface area contributed by atoms with E-state index in [1.165, 1.54) is 0 Å². The van der Waals surface area contributed by atoms with Crippen LogP contribution in [0.2, 0.25) is 0 Å². The molecule has 1 aliphatic rings. The van der Waals surface area contributed by atoms with Gasteiger partial charge in [0.25, 0.3) is 5.91 Å². The van der Waals surface area contributed by atoms with Crippen molar-refractivity contribution >= 4 is 5.91 Å². The molecule has 0 saturated carbocycles. The van der Waals surface area contributed by atoms with Gasteiger partial charge in [0, 0.05) is 31.5 Å². The molecule has 1 aromatic heterocycles. The van der Waals surface area contributed by atoms with Crippen LogP contribution >= 0.6 is 0 Å². The van der Waals surface area contributed by atoms with Crippen molar-refractivity contribution in [3.63, 3.8) is 0 Å². The van der Waals surface area contributed by atoms with Crippen molar-refractivity contribution in [2.24, 2.45) is 11.8 Å². The van der Waals surface area contributed by atoms with Gasteiger partial charge >= 0.3 is 0 Å². The van der Waals surface area contributed by atoms with Crippen LogP contribution in [0.3, 0.4) is 0 Å². The Hall–Kier alpha value is -1.40. The van der Waals surface area contributed by atoms with Crippen LogP contribution in [-0.2, 0) is 16.1 Å². The lowest BCUT2D eigenvalue weighted by molar-refractivity contribution is -0.132. The Morgan fingerprint density at radius 3 is 3.27 bits per heavy atom. The summed E-state index contributed by atoms with van der Waals surface area (Å²) >= 11 is 0. The molecule has 0 radical (unpaired) electrons. The largest absolute Gasteiger partial charge is 0.368 e. The summed E-state index contributed by atoms with van der Waals surface area (Å²) in [6.45, 7) is 1.29. The molecule has 15 heavy (non-hydrogen) atoms. The second-order valence-corrected chi connectivity index (χ2v) is 3.58. The number of carbonyl (C=O) groups is 1. The highest BCUT2D eigenvalue weighted by atomic mass is 16.5. The van der Waals surface area contributed by atoms with E-state index in [0.29, 0.717) is 13.2 Å². The fourth-order valence-corrected chi connectivity index (χ4v) is 1.84. The molecule has 1 saturated heterocycles. The monoisotopic (exact) mass is 210 g/mol. The number of nitrogens with one attached hydrogen (secondary N) is 1. The van der Waals surface area contributed by atoms with Crippen molar-refractivity contribution in [1.29, 1.82) is 0 Å². The van der Waals surface area contributed by atoms with Crippen molar-refractivity contribution < 1.29 is 9.53 Å². The average molecular weight is 210 g/mol. The van der Waals surface area contributed by atoms with Gasteiger partial charge in [0.05, 0.1) is 0 Å². The lowest BCUT2D eigenvalue weighted by atomic mass is 10.0. The van der Waals surface area contributed by atoms with Crippen molar-refractivity contribution in [3.8, 4) is 0 Å². The molecule has 0 aliphatic carbocycles. The maximum atomic E-state index is 11.4. The third-order valence-corrected chi connectivity index (χ3v) is 2.60. The van der Waals surface area contributed by atoms with E-state index in [1.54, 1.807) is 10.9 Å². The van der Waals surface area contributed by atoms with Crippen molar-refractivity contribution in [2.75, 3.05) is 6.61 Å². The number of aromatic nitrogens is 2. The molecule has 0 unspecified atom stereocenters. The van der Waals surface area contributed by atoms with Crippen molar-refractivity contribution in [1.82, 2.24) is 15.2 Å². The number of rotatable bonds is 3. The number of hydrogen-bond acceptors (Lipinski definition) is 4. The molecule has 3 N–H and O–H groups in total. The van der Waals surface area contributed by atoms with Crippen LogP contribution in [0.25, 0.3) is 0 Å². The Morgan fingerprint density at radius 1 is 1.73 bits per heavy atom. The van der Waals surface area contributed by atoms with Crippen LogP contribution in [0, 0.1) is 5.92 Å². The second-order valence-electron chi connectivity index (χ2n) is 3.58. The first-order chi connectivity index (χ1) is 7.31. The Morgan fingerprint density at radius 2 is 2.60 bits per heavy atom. The summed E-state index contributed by atoms with van der Waals surface area (Å²) in [5.74, 6) is 4.97. The topological polar surface area (TPSA) is 82.2 Å². The highest BCUT2D eigenvalue weighted by molar-refractivity contribution is 5.80. The molecule has 1 fully saturated rings. The zero-order valence-corrected chi connectivity index (χ0v) is 8.30. The summed E-state index contributed by atoms with van der Waals surface area (Å²) < 4.78 is 7.14. The van der Waals surface area contributed by atoms with Gasteiger partial charge < -0.3 is 4.74 Å². The number of carbonyl (C=O) groups excluding carboxylic acids is 1. The van der Waals surface area contributed by atoms with Gasteiger partial charge in [-0.15, -0.1) is 0 Å². The summed E-state index contributed by atoms with van der Waals surface area (Å²) in [7, 11) is 0. The smallest absolute Gasteiger partial charge is 0.263 e. The summed E-state index contributed by atoms with van der Waals surface area (Å²) in [5.41, 5.74) is 2.12. The first-order valence-electron chi connectivity index (χ1n) is 4.90. The van der Waals surface area contributed by atoms with E-state index >= 15 is 0 Å². The Balaban J connectivity index is 1.99. The summed E-state index contributed by atoms with van der Waals surface area (Å²) in [5, 5.41) is 4.10. The fraction of sp³-hybridized carbons (Fsp3) is 0.556. The van der Waals surface area contributed by atoms with Gasteiger partial charge in [-0.05, 0) is 12.5 Å². The lowest BCUT2D eigenvalue weighted by Crippen LogP contribution is -2.42. The summed E-state index contributed by atoms with van der Waals surface area (Å²) in [6.07, 6.45) is 4.00. The number of nitrogens with zero attached hydrogens (tertiary/aromatic N) is 2. The highest BCUT2D eigenvalue weighted by Gasteiger charge is 2.34. The van der Waals surface area contributed by atoms with Gasteiger partial charge in [-0.2, -0.15) is 5.10 Å². The van der Waals surface area contributed by atoms with Gasteiger partial charge in [-0.3, -0.25) is 14.9 Å². The Bertz CT molecular complexity index is 325. The number of hydrogen-bond donors (Lipinski definition) is 2. The molecule has 2 rings (SSSR count). The molecular weight excluding hydrogens is 196 g/mol. The van der Waals surface area contributed by atoms with E-state index < -0.39 is 6.10 Å². The third-order valence-electron chi connectivity index (χ3n) is 2.60. The van der Waals surface area contributed by atoms with Gasteiger partial charge in [-0.25, -0.2) is 5.84 Å². The second kappa shape index (κ2) is 4.41. The maximum Gasteiger partial charge on any atom is 0.263 e. The van der Waals surface area contributed by atoms with Crippen molar-refractivity contribution in [3.05, 3.63) is 18.5 Å². The molecule has 6 heteroatoms. The van der Waals surface area contributed by atoms with Crippen LogP contribution in [0.15, 0.2) is 18.5 Å². The Kier molecular flexibility index (Phi) is 2.98. The fourth-order valence-electron chi connectivity index (χ4n) is 1.84. The maximum absolute atomic E-state index is 11.4. The van der Waals surface area contributed by atoms with Gasteiger partial charge in [0.1, 0.15) is 6.10 Å². The molecule has 0 spiro atoms. The standard InChI is InChI=1S/C9H14N4O2/c10-12-9(14)8-7(2-5-15-8)6-13-4-1-3-11-13/h1,3-4,7-8H,2,5-6,10H2,(H,12,14)/t7-,8-/m1/s1. The molecule has 1 amide bonds. The minimum Gasteiger partial charge on any atom is -0.368 e. The van der Waals surface area contributed by atoms with Crippen LogP contribution < -0.4 is 11.3 Å². The van der Waals surface area contributed by atoms with E-state index in [4.69, 9.17) is 10.6 Å². The number of ether oxygens (including phenoxy) is 1. The zero-order chi connectivity index (χ0) is 10.7. The Labute approximate surface area is 87.4 Å². The molecular formula is C9H14N4O2. The summed E-state index contributed by atoms with van der Waals surface area (Å²) in [4.78, 5) is 11.4. The molecule has 6 nitrogen and oxygen atoms in total. The number of amides is 1. The first kappa shape index (κ1) is 10.1. The van der Waals surface area contributed by atoms with E-state index in [9.17, 15) is 4.79 Å². The normalized spacial score (nSPS) is 25.4. The molecule has 1 aliphatic heterocycles. The molecule has 0 aromatic carbocycles.